The number of aromatic nitrogens is 4. The number of hydrogen-bond acceptors (Lipinski definition) is 6. The Labute approximate surface area is 185 Å². The van der Waals surface area contributed by atoms with Crippen LogP contribution in [0.25, 0.3) is 10.8 Å². The Morgan fingerprint density at radius 1 is 1.23 bits per heavy atom. The average Bonchev–Trinajstić information content (AvgIpc) is 3.36. The number of carbonyl (C=O) groups is 1. The molecule has 3 aromatic rings. The molecule has 5 rings (SSSR count). The number of amides is 1. The molecular weight excluding hydrogens is 469 g/mol. The van der Waals surface area contributed by atoms with Crippen LogP contribution in [-0.4, -0.2) is 31.8 Å². The maximum absolute atomic E-state index is 13.0. The number of nitrogens with one attached hydrogen (secondary N) is 1. The summed E-state index contributed by atoms with van der Waals surface area (Å²) >= 11 is 3.44. The minimum absolute atomic E-state index is 0.0531. The van der Waals surface area contributed by atoms with E-state index in [1.165, 1.54) is 12.8 Å². The molecule has 2 aliphatic rings. The van der Waals surface area contributed by atoms with Crippen molar-refractivity contribution < 1.29 is 13.9 Å². The molecule has 2 aromatic heterocycles. The molecule has 8 nitrogen and oxygen atoms in total. The van der Waals surface area contributed by atoms with E-state index in [4.69, 9.17) is 4.74 Å². The zero-order chi connectivity index (χ0) is 21.5. The summed E-state index contributed by atoms with van der Waals surface area (Å²) in [6.07, 6.45) is 6.52. The molecule has 1 N–H and O–H groups in total. The Morgan fingerprint density at radius 3 is 2.74 bits per heavy atom. The fourth-order valence-electron chi connectivity index (χ4n) is 4.57. The van der Waals surface area contributed by atoms with Gasteiger partial charge in [0.1, 0.15) is 12.6 Å². The standard InChI is InChI=1S/C21H19BrFN5O3/c22-13-3-4-15-16(7-13)19(31-17-6-11-1-2-12(17)5-11)27-28(20(15)30)10-18(29)26-21-24-8-14(23)9-25-21/h3-4,7-9,11-12,17H,1-2,5-6,10H2,(H,24,25,26,29)/t11?,12-,17?/m1/s1. The summed E-state index contributed by atoms with van der Waals surface area (Å²) < 4.78 is 21.1. The van der Waals surface area contributed by atoms with Gasteiger partial charge in [0.15, 0.2) is 5.82 Å². The molecule has 2 aliphatic carbocycles. The van der Waals surface area contributed by atoms with Crippen LogP contribution in [0.4, 0.5) is 10.3 Å². The van der Waals surface area contributed by atoms with Crippen LogP contribution in [0.15, 0.2) is 39.9 Å². The number of carbonyl (C=O) groups excluding carboxylic acids is 1. The van der Waals surface area contributed by atoms with E-state index in [9.17, 15) is 14.0 Å². The Morgan fingerprint density at radius 2 is 2.03 bits per heavy atom. The van der Waals surface area contributed by atoms with E-state index in [1.807, 2.05) is 6.07 Å². The van der Waals surface area contributed by atoms with Crippen LogP contribution in [0.2, 0.25) is 0 Å². The Balaban J connectivity index is 1.45. The summed E-state index contributed by atoms with van der Waals surface area (Å²) in [5.41, 5.74) is -0.405. The SMILES string of the molecule is O=C(Cn1nc(OC2CC3CC[C@@H]2C3)c2cc(Br)ccc2c1=O)Nc1ncc(F)cn1. The summed E-state index contributed by atoms with van der Waals surface area (Å²) in [4.78, 5) is 32.8. The van der Waals surface area contributed by atoms with Crippen LogP contribution in [0.5, 0.6) is 5.88 Å². The quantitative estimate of drug-likeness (QED) is 0.592. The monoisotopic (exact) mass is 487 g/mol. The first-order chi connectivity index (χ1) is 15.0. The molecule has 31 heavy (non-hydrogen) atoms. The summed E-state index contributed by atoms with van der Waals surface area (Å²) in [5, 5.41) is 7.85. The third kappa shape index (κ3) is 4.04. The van der Waals surface area contributed by atoms with Gasteiger partial charge in [-0.05, 0) is 55.7 Å². The highest BCUT2D eigenvalue weighted by atomic mass is 79.9. The lowest BCUT2D eigenvalue weighted by atomic mass is 9.98. The minimum Gasteiger partial charge on any atom is -0.473 e. The number of halogens is 2. The largest absolute Gasteiger partial charge is 0.473 e. The van der Waals surface area contributed by atoms with E-state index < -0.39 is 17.3 Å². The van der Waals surface area contributed by atoms with Crippen molar-refractivity contribution in [2.75, 3.05) is 5.32 Å². The molecule has 2 fully saturated rings. The van der Waals surface area contributed by atoms with E-state index in [0.29, 0.717) is 28.5 Å². The maximum Gasteiger partial charge on any atom is 0.275 e. The zero-order valence-corrected chi connectivity index (χ0v) is 18.0. The molecule has 0 spiro atoms. The smallest absolute Gasteiger partial charge is 0.275 e. The van der Waals surface area contributed by atoms with Gasteiger partial charge in [-0.15, -0.1) is 5.10 Å². The third-order valence-corrected chi connectivity index (χ3v) is 6.48. The highest BCUT2D eigenvalue weighted by Gasteiger charge is 2.41. The van der Waals surface area contributed by atoms with Gasteiger partial charge in [0.05, 0.1) is 23.2 Å². The van der Waals surface area contributed by atoms with Gasteiger partial charge in [-0.25, -0.2) is 19.0 Å². The van der Waals surface area contributed by atoms with Gasteiger partial charge in [0.2, 0.25) is 17.7 Å². The van der Waals surface area contributed by atoms with Crippen LogP contribution < -0.4 is 15.6 Å². The molecule has 2 saturated carbocycles. The van der Waals surface area contributed by atoms with Gasteiger partial charge in [-0.1, -0.05) is 15.9 Å². The van der Waals surface area contributed by atoms with E-state index >= 15 is 0 Å². The van der Waals surface area contributed by atoms with Crippen LogP contribution in [0, 0.1) is 17.7 Å². The second-order valence-corrected chi connectivity index (χ2v) is 8.98. The van der Waals surface area contributed by atoms with Gasteiger partial charge >= 0.3 is 0 Å². The molecule has 2 heterocycles. The number of ether oxygens (including phenoxy) is 1. The molecule has 0 saturated heterocycles. The van der Waals surface area contributed by atoms with Crippen molar-refractivity contribution in [1.29, 1.82) is 0 Å². The molecule has 3 atom stereocenters. The molecule has 2 bridgehead atoms. The van der Waals surface area contributed by atoms with Crippen LogP contribution >= 0.6 is 15.9 Å². The van der Waals surface area contributed by atoms with E-state index in [2.05, 4.69) is 36.3 Å². The van der Waals surface area contributed by atoms with Crippen molar-refractivity contribution in [3.63, 3.8) is 0 Å². The zero-order valence-electron chi connectivity index (χ0n) is 16.4. The molecule has 1 amide bonds. The number of anilines is 1. The van der Waals surface area contributed by atoms with E-state index in [1.54, 1.807) is 12.1 Å². The third-order valence-electron chi connectivity index (χ3n) is 5.99. The molecule has 1 aromatic carbocycles. The average molecular weight is 488 g/mol. The summed E-state index contributed by atoms with van der Waals surface area (Å²) in [7, 11) is 0. The predicted molar refractivity (Wildman–Crippen MR) is 114 cm³/mol. The second kappa shape index (κ2) is 7.99. The number of hydrogen-bond donors (Lipinski definition) is 1. The first-order valence-electron chi connectivity index (χ1n) is 10.1. The van der Waals surface area contributed by atoms with Crippen molar-refractivity contribution in [3.05, 3.63) is 51.2 Å². The van der Waals surface area contributed by atoms with Crippen molar-refractivity contribution in [2.24, 2.45) is 11.8 Å². The normalized spacial score (nSPS) is 22.1. The Hall–Kier alpha value is -2.88. The van der Waals surface area contributed by atoms with Crippen molar-refractivity contribution in [2.45, 2.75) is 38.3 Å². The first-order valence-corrected chi connectivity index (χ1v) is 10.9. The summed E-state index contributed by atoms with van der Waals surface area (Å²) in [6, 6.07) is 5.26. The number of fused-ring (bicyclic) bond motifs is 3. The highest BCUT2D eigenvalue weighted by molar-refractivity contribution is 9.10. The Kier molecular flexibility index (Phi) is 5.17. The van der Waals surface area contributed by atoms with Crippen molar-refractivity contribution >= 4 is 38.6 Å². The molecule has 160 valence electrons. The molecule has 10 heteroatoms. The first kappa shape index (κ1) is 20.0. The second-order valence-electron chi connectivity index (χ2n) is 8.06. The fourth-order valence-corrected chi connectivity index (χ4v) is 4.93. The number of benzene rings is 1. The minimum atomic E-state index is -0.612. The van der Waals surface area contributed by atoms with Crippen molar-refractivity contribution in [1.82, 2.24) is 19.7 Å². The van der Waals surface area contributed by atoms with Gasteiger partial charge in [-0.2, -0.15) is 0 Å². The van der Waals surface area contributed by atoms with Crippen molar-refractivity contribution in [3.8, 4) is 5.88 Å². The van der Waals surface area contributed by atoms with Crippen LogP contribution in [0.3, 0.4) is 0 Å². The lowest BCUT2D eigenvalue weighted by Crippen LogP contribution is -2.32. The Bertz CT molecular complexity index is 1220. The lowest BCUT2D eigenvalue weighted by molar-refractivity contribution is -0.117. The lowest BCUT2D eigenvalue weighted by Gasteiger charge is -2.23. The van der Waals surface area contributed by atoms with Gasteiger partial charge in [-0.3, -0.25) is 14.9 Å². The van der Waals surface area contributed by atoms with E-state index in [-0.39, 0.29) is 18.6 Å². The predicted octanol–water partition coefficient (Wildman–Crippen LogP) is 3.29. The van der Waals surface area contributed by atoms with Crippen LogP contribution in [-0.2, 0) is 11.3 Å². The maximum atomic E-state index is 13.0. The van der Waals surface area contributed by atoms with E-state index in [0.717, 1.165) is 34.4 Å². The van der Waals surface area contributed by atoms with Crippen LogP contribution in [0.1, 0.15) is 25.7 Å². The number of rotatable bonds is 5. The molecule has 2 unspecified atom stereocenters. The molecule has 0 aliphatic heterocycles. The summed E-state index contributed by atoms with van der Waals surface area (Å²) in [5.74, 6) is 0.332. The van der Waals surface area contributed by atoms with Gasteiger partial charge in [0, 0.05) is 4.47 Å². The molecular formula is C21H19BrFN5O3. The fraction of sp³-hybridized carbons (Fsp3) is 0.381. The van der Waals surface area contributed by atoms with Gasteiger partial charge in [0.25, 0.3) is 5.56 Å². The topological polar surface area (TPSA) is 99.0 Å². The highest BCUT2D eigenvalue weighted by Crippen LogP contribution is 2.46. The summed E-state index contributed by atoms with van der Waals surface area (Å²) in [6.45, 7) is -0.349. The van der Waals surface area contributed by atoms with Gasteiger partial charge < -0.3 is 4.74 Å². The molecule has 0 radical (unpaired) electrons. The number of nitrogens with zero attached hydrogens (tertiary/aromatic N) is 4.